The molecule has 0 bridgehead atoms. The lowest BCUT2D eigenvalue weighted by molar-refractivity contribution is -0.225. The standard InChI is InChI=1S/C22H30FO8P/c1-12-8-16-15-5-4-13-9-14(24)6-7-20(13,3)22(15,23)17(25)10-19(16,2)18(26)21(12,27)11-31-32(28,29)30/h6-7,9,12,15-17,25,27H,4-5,8,10-11H2,1-3H3,(H2,28,29,30)/t12-,15-,16-,17-,19-,20-,21-,22-/m0/s1. The highest BCUT2D eigenvalue weighted by atomic mass is 31.2. The zero-order valence-electron chi connectivity index (χ0n) is 18.3. The molecule has 0 aromatic rings. The molecule has 4 rings (SSSR count). The maximum absolute atomic E-state index is 17.0. The Morgan fingerprint density at radius 2 is 1.91 bits per heavy atom. The molecule has 0 aromatic carbocycles. The number of fused-ring (bicyclic) bond motifs is 5. The Morgan fingerprint density at radius 3 is 2.53 bits per heavy atom. The number of aliphatic hydroxyl groups is 2. The SMILES string of the molecule is C[C@H]1C[C@H]2[C@@H]3CCC4=CC(=O)C=C[C@]4(C)[C@@]3(F)[C@@H](O)C[C@]2(C)C(=O)[C@]1(O)COP(=O)(O)O. The Morgan fingerprint density at radius 1 is 1.25 bits per heavy atom. The first kappa shape index (κ1) is 23.9. The number of phosphoric acid groups is 1. The lowest BCUT2D eigenvalue weighted by atomic mass is 9.41. The van der Waals surface area contributed by atoms with Crippen molar-refractivity contribution in [3.05, 3.63) is 23.8 Å². The summed E-state index contributed by atoms with van der Waals surface area (Å²) in [6.45, 7) is 3.97. The molecule has 8 atom stereocenters. The van der Waals surface area contributed by atoms with E-state index in [9.17, 15) is 24.4 Å². The number of carbonyl (C=O) groups excluding carboxylic acids is 2. The zero-order valence-corrected chi connectivity index (χ0v) is 19.2. The predicted molar refractivity (Wildman–Crippen MR) is 111 cm³/mol. The molecule has 0 unspecified atom stereocenters. The van der Waals surface area contributed by atoms with E-state index in [1.165, 1.54) is 18.2 Å². The van der Waals surface area contributed by atoms with Gasteiger partial charge in [-0.05, 0) is 56.6 Å². The van der Waals surface area contributed by atoms with Gasteiger partial charge in [-0.2, -0.15) is 0 Å². The lowest BCUT2D eigenvalue weighted by Crippen LogP contribution is -2.72. The van der Waals surface area contributed by atoms with Crippen LogP contribution in [0.25, 0.3) is 0 Å². The number of phosphoric ester groups is 1. The van der Waals surface area contributed by atoms with Gasteiger partial charge in [-0.25, -0.2) is 8.96 Å². The van der Waals surface area contributed by atoms with E-state index >= 15 is 4.39 Å². The molecule has 0 amide bonds. The average Bonchev–Trinajstić information content (AvgIpc) is 2.69. The molecule has 0 saturated heterocycles. The molecule has 4 N–H and O–H groups in total. The first-order valence-electron chi connectivity index (χ1n) is 10.9. The van der Waals surface area contributed by atoms with E-state index in [-0.39, 0.29) is 18.6 Å². The molecule has 0 heterocycles. The van der Waals surface area contributed by atoms with Crippen molar-refractivity contribution < 1.29 is 43.1 Å². The summed E-state index contributed by atoms with van der Waals surface area (Å²) in [4.78, 5) is 43.6. The highest BCUT2D eigenvalue weighted by Gasteiger charge is 2.72. The van der Waals surface area contributed by atoms with E-state index < -0.39 is 66.2 Å². The second-order valence-electron chi connectivity index (χ2n) is 10.4. The Hall–Kier alpha value is -1.22. The smallest absolute Gasteiger partial charge is 0.390 e. The van der Waals surface area contributed by atoms with Crippen molar-refractivity contribution >= 4 is 19.4 Å². The van der Waals surface area contributed by atoms with Gasteiger partial charge in [-0.1, -0.05) is 25.5 Å². The van der Waals surface area contributed by atoms with Crippen molar-refractivity contribution in [3.8, 4) is 0 Å². The molecule has 10 heteroatoms. The molecule has 178 valence electrons. The van der Waals surface area contributed by atoms with Gasteiger partial charge in [0, 0.05) is 16.7 Å². The summed E-state index contributed by atoms with van der Waals surface area (Å²) in [5.41, 5.74) is -6.12. The third-order valence-electron chi connectivity index (χ3n) is 8.82. The van der Waals surface area contributed by atoms with Crippen molar-refractivity contribution in [2.24, 2.45) is 28.6 Å². The van der Waals surface area contributed by atoms with Crippen molar-refractivity contribution in [1.29, 1.82) is 0 Å². The first-order chi connectivity index (χ1) is 14.6. The van der Waals surface area contributed by atoms with E-state index in [1.807, 2.05) is 0 Å². The van der Waals surface area contributed by atoms with Crippen molar-refractivity contribution in [2.75, 3.05) is 6.61 Å². The number of hydrogen-bond acceptors (Lipinski definition) is 6. The Kier molecular flexibility index (Phi) is 5.34. The monoisotopic (exact) mass is 472 g/mol. The Labute approximate surface area is 185 Å². The highest BCUT2D eigenvalue weighted by Crippen LogP contribution is 2.67. The summed E-state index contributed by atoms with van der Waals surface area (Å²) in [6.07, 6.45) is 3.52. The molecule has 0 radical (unpaired) electrons. The van der Waals surface area contributed by atoms with Crippen molar-refractivity contribution in [2.45, 2.75) is 63.8 Å². The maximum atomic E-state index is 17.0. The molecular formula is C22H30FO8P. The molecule has 0 aliphatic heterocycles. The molecule has 3 fully saturated rings. The second-order valence-corrected chi connectivity index (χ2v) is 11.7. The molecule has 3 saturated carbocycles. The van der Waals surface area contributed by atoms with Gasteiger partial charge in [-0.15, -0.1) is 0 Å². The van der Waals surface area contributed by atoms with Gasteiger partial charge in [-0.3, -0.25) is 14.1 Å². The summed E-state index contributed by atoms with van der Waals surface area (Å²) < 4.78 is 32.7. The van der Waals surface area contributed by atoms with Crippen LogP contribution in [0.5, 0.6) is 0 Å². The Balaban J connectivity index is 1.74. The Bertz CT molecular complexity index is 973. The predicted octanol–water partition coefficient (Wildman–Crippen LogP) is 2.01. The van der Waals surface area contributed by atoms with Crippen molar-refractivity contribution in [1.82, 2.24) is 0 Å². The number of rotatable bonds is 3. The highest BCUT2D eigenvalue weighted by molar-refractivity contribution is 7.46. The molecule has 0 aromatic heterocycles. The minimum absolute atomic E-state index is 0.216. The van der Waals surface area contributed by atoms with Crippen LogP contribution in [0.15, 0.2) is 23.8 Å². The summed E-state index contributed by atoms with van der Waals surface area (Å²) in [5, 5.41) is 22.3. The number of ketones is 2. The minimum atomic E-state index is -4.93. The lowest BCUT2D eigenvalue weighted by Gasteiger charge is -2.64. The third-order valence-corrected chi connectivity index (χ3v) is 9.28. The fraction of sp³-hybridized carbons (Fsp3) is 0.727. The van der Waals surface area contributed by atoms with Crippen LogP contribution in [-0.2, 0) is 18.7 Å². The number of carbonyl (C=O) groups is 2. The third kappa shape index (κ3) is 3.09. The average molecular weight is 472 g/mol. The van der Waals surface area contributed by atoms with Crippen LogP contribution < -0.4 is 0 Å². The molecule has 0 spiro atoms. The molecule has 8 nitrogen and oxygen atoms in total. The zero-order chi connectivity index (χ0) is 23.9. The van der Waals surface area contributed by atoms with Gasteiger partial charge in [0.1, 0.15) is 5.60 Å². The summed E-state index contributed by atoms with van der Waals surface area (Å²) in [6, 6.07) is 0. The molecule has 4 aliphatic rings. The number of hydrogen-bond donors (Lipinski definition) is 4. The van der Waals surface area contributed by atoms with Crippen LogP contribution in [0.3, 0.4) is 0 Å². The summed E-state index contributed by atoms with van der Waals surface area (Å²) in [5.74, 6) is -2.85. The largest absolute Gasteiger partial charge is 0.469 e. The number of halogens is 1. The molecular weight excluding hydrogens is 442 g/mol. The quantitative estimate of drug-likeness (QED) is 0.457. The number of aliphatic hydroxyl groups excluding tert-OH is 1. The molecule has 32 heavy (non-hydrogen) atoms. The van der Waals surface area contributed by atoms with Crippen LogP contribution in [0, 0.1) is 28.6 Å². The van der Waals surface area contributed by atoms with E-state index in [0.717, 1.165) is 0 Å². The van der Waals surface area contributed by atoms with Crippen molar-refractivity contribution in [3.63, 3.8) is 0 Å². The van der Waals surface area contributed by atoms with Crippen LogP contribution in [0.1, 0.15) is 46.5 Å². The second kappa shape index (κ2) is 7.14. The van der Waals surface area contributed by atoms with Crippen LogP contribution in [0.4, 0.5) is 4.39 Å². The number of allylic oxidation sites excluding steroid dienone is 4. The van der Waals surface area contributed by atoms with Crippen LogP contribution in [0.2, 0.25) is 0 Å². The van der Waals surface area contributed by atoms with E-state index in [4.69, 9.17) is 9.79 Å². The number of alkyl halides is 1. The van der Waals surface area contributed by atoms with Gasteiger partial charge in [0.25, 0.3) is 0 Å². The van der Waals surface area contributed by atoms with E-state index in [2.05, 4.69) is 4.52 Å². The van der Waals surface area contributed by atoms with Gasteiger partial charge >= 0.3 is 7.82 Å². The van der Waals surface area contributed by atoms with Gasteiger partial charge in [0.2, 0.25) is 0 Å². The summed E-state index contributed by atoms with van der Waals surface area (Å²) >= 11 is 0. The van der Waals surface area contributed by atoms with E-state index in [1.54, 1.807) is 20.8 Å². The topological polar surface area (TPSA) is 141 Å². The van der Waals surface area contributed by atoms with Gasteiger partial charge < -0.3 is 20.0 Å². The fourth-order valence-corrected chi connectivity index (χ4v) is 7.31. The first-order valence-corrected chi connectivity index (χ1v) is 12.4. The normalized spacial score (nSPS) is 48.6. The van der Waals surface area contributed by atoms with E-state index in [0.29, 0.717) is 18.4 Å². The van der Waals surface area contributed by atoms with Crippen LogP contribution >= 0.6 is 7.82 Å². The summed E-state index contributed by atoms with van der Waals surface area (Å²) in [7, 11) is -4.93. The van der Waals surface area contributed by atoms with Crippen LogP contribution in [-0.4, -0.2) is 55.5 Å². The van der Waals surface area contributed by atoms with Gasteiger partial charge in [0.15, 0.2) is 17.2 Å². The maximum Gasteiger partial charge on any atom is 0.469 e. The fourth-order valence-electron chi connectivity index (χ4n) is 6.94. The molecule has 4 aliphatic carbocycles. The van der Waals surface area contributed by atoms with Gasteiger partial charge in [0.05, 0.1) is 12.7 Å². The minimum Gasteiger partial charge on any atom is -0.390 e. The number of Topliss-reactive ketones (excluding diaryl/α,β-unsaturated/α-hetero) is 1.